The highest BCUT2D eigenvalue weighted by Crippen LogP contribution is 2.52. The number of halogens is 1. The van der Waals surface area contributed by atoms with Crippen LogP contribution in [0.25, 0.3) is 0 Å². The SMILES string of the molecule is Cc1ccc([C@@]23CC(C)C[C@@H]2CN(C)C3)cc1Cl. The zero-order valence-corrected chi connectivity index (χ0v) is 12.3. The van der Waals surface area contributed by atoms with Crippen LogP contribution in [0.4, 0.5) is 0 Å². The molecule has 1 aromatic rings. The number of hydrogen-bond acceptors (Lipinski definition) is 1. The normalized spacial score (nSPS) is 36.0. The molecule has 0 aromatic heterocycles. The Morgan fingerprint density at radius 1 is 1.39 bits per heavy atom. The van der Waals surface area contributed by atoms with Gasteiger partial charge >= 0.3 is 0 Å². The minimum absolute atomic E-state index is 0.367. The Bertz CT molecular complexity index is 454. The van der Waals surface area contributed by atoms with Gasteiger partial charge in [-0.1, -0.05) is 30.7 Å². The molecule has 0 N–H and O–H groups in total. The van der Waals surface area contributed by atoms with Gasteiger partial charge < -0.3 is 4.90 Å². The molecule has 98 valence electrons. The van der Waals surface area contributed by atoms with Crippen LogP contribution < -0.4 is 0 Å². The van der Waals surface area contributed by atoms with E-state index in [-0.39, 0.29) is 0 Å². The van der Waals surface area contributed by atoms with Crippen molar-refractivity contribution in [1.29, 1.82) is 0 Å². The van der Waals surface area contributed by atoms with Crippen molar-refractivity contribution in [1.82, 2.24) is 4.90 Å². The third-order valence-corrected chi connectivity index (χ3v) is 5.42. The highest BCUT2D eigenvalue weighted by atomic mass is 35.5. The maximum atomic E-state index is 6.34. The fourth-order valence-corrected chi connectivity index (χ4v) is 4.48. The van der Waals surface area contributed by atoms with E-state index in [1.807, 2.05) is 0 Å². The number of rotatable bonds is 1. The first-order valence-corrected chi connectivity index (χ1v) is 7.34. The van der Waals surface area contributed by atoms with Crippen LogP contribution in [0.1, 0.15) is 30.9 Å². The number of likely N-dealkylation sites (tertiary alicyclic amines) is 1. The number of nitrogens with zero attached hydrogens (tertiary/aromatic N) is 1. The predicted octanol–water partition coefficient (Wildman–Crippen LogP) is 3.88. The van der Waals surface area contributed by atoms with Crippen LogP contribution in [-0.2, 0) is 5.41 Å². The van der Waals surface area contributed by atoms with Gasteiger partial charge in [-0.15, -0.1) is 0 Å². The van der Waals surface area contributed by atoms with Crippen LogP contribution in [0.15, 0.2) is 18.2 Å². The molecule has 2 heteroatoms. The molecule has 1 saturated heterocycles. The van der Waals surface area contributed by atoms with Gasteiger partial charge in [0, 0.05) is 23.5 Å². The molecule has 2 fully saturated rings. The Morgan fingerprint density at radius 3 is 2.89 bits per heavy atom. The molecule has 3 rings (SSSR count). The lowest BCUT2D eigenvalue weighted by molar-refractivity contribution is 0.343. The smallest absolute Gasteiger partial charge is 0.0438 e. The van der Waals surface area contributed by atoms with E-state index >= 15 is 0 Å². The first-order valence-electron chi connectivity index (χ1n) is 6.96. The average molecular weight is 264 g/mol. The molecule has 18 heavy (non-hydrogen) atoms. The summed E-state index contributed by atoms with van der Waals surface area (Å²) in [5, 5.41) is 0.926. The topological polar surface area (TPSA) is 3.24 Å². The lowest BCUT2D eigenvalue weighted by Crippen LogP contribution is -2.31. The van der Waals surface area contributed by atoms with Crippen molar-refractivity contribution < 1.29 is 0 Å². The van der Waals surface area contributed by atoms with Crippen molar-refractivity contribution >= 4 is 11.6 Å². The minimum atomic E-state index is 0.367. The number of likely N-dealkylation sites (N-methyl/N-ethyl adjacent to an activating group) is 1. The summed E-state index contributed by atoms with van der Waals surface area (Å²) in [5.41, 5.74) is 3.02. The van der Waals surface area contributed by atoms with Gasteiger partial charge in [-0.25, -0.2) is 0 Å². The van der Waals surface area contributed by atoms with E-state index < -0.39 is 0 Å². The van der Waals surface area contributed by atoms with Gasteiger partial charge in [0.1, 0.15) is 0 Å². The van der Waals surface area contributed by atoms with E-state index in [1.165, 1.54) is 37.1 Å². The Kier molecular flexibility index (Phi) is 2.95. The summed E-state index contributed by atoms with van der Waals surface area (Å²) in [4.78, 5) is 2.49. The van der Waals surface area contributed by atoms with Crippen molar-refractivity contribution in [2.24, 2.45) is 11.8 Å². The summed E-state index contributed by atoms with van der Waals surface area (Å²) in [5.74, 6) is 1.67. The third-order valence-electron chi connectivity index (χ3n) is 5.01. The number of benzene rings is 1. The molecule has 3 atom stereocenters. The second-order valence-corrected chi connectivity index (χ2v) is 6.97. The van der Waals surface area contributed by atoms with Crippen LogP contribution >= 0.6 is 11.6 Å². The molecule has 0 spiro atoms. The molecule has 0 radical (unpaired) electrons. The van der Waals surface area contributed by atoms with Crippen molar-refractivity contribution in [3.8, 4) is 0 Å². The monoisotopic (exact) mass is 263 g/mol. The van der Waals surface area contributed by atoms with E-state index in [0.717, 1.165) is 16.9 Å². The van der Waals surface area contributed by atoms with E-state index in [0.29, 0.717) is 5.41 Å². The average Bonchev–Trinajstić information content (AvgIpc) is 2.74. The Morgan fingerprint density at radius 2 is 2.17 bits per heavy atom. The lowest BCUT2D eigenvalue weighted by atomic mass is 9.74. The second kappa shape index (κ2) is 4.25. The van der Waals surface area contributed by atoms with Crippen molar-refractivity contribution in [3.05, 3.63) is 34.3 Å². The fourth-order valence-electron chi connectivity index (χ4n) is 4.30. The lowest BCUT2D eigenvalue weighted by Gasteiger charge is -2.30. The van der Waals surface area contributed by atoms with Gasteiger partial charge in [0.25, 0.3) is 0 Å². The zero-order chi connectivity index (χ0) is 12.9. The number of fused-ring (bicyclic) bond motifs is 1. The number of aryl methyl sites for hydroxylation is 1. The predicted molar refractivity (Wildman–Crippen MR) is 77.3 cm³/mol. The van der Waals surface area contributed by atoms with Crippen LogP contribution in [-0.4, -0.2) is 25.0 Å². The van der Waals surface area contributed by atoms with Crippen LogP contribution in [0.5, 0.6) is 0 Å². The fraction of sp³-hybridized carbons (Fsp3) is 0.625. The summed E-state index contributed by atoms with van der Waals surface area (Å²) in [6.45, 7) is 6.92. The maximum absolute atomic E-state index is 6.34. The van der Waals surface area contributed by atoms with Crippen molar-refractivity contribution in [2.45, 2.75) is 32.1 Å². The Balaban J connectivity index is 2.04. The molecule has 1 aliphatic carbocycles. The Hall–Kier alpha value is -0.530. The molecule has 0 amide bonds. The molecule has 2 aliphatic rings. The molecular weight excluding hydrogens is 242 g/mol. The molecule has 1 aliphatic heterocycles. The van der Waals surface area contributed by atoms with Gasteiger partial charge in [-0.2, -0.15) is 0 Å². The maximum Gasteiger partial charge on any atom is 0.0438 e. The number of hydrogen-bond donors (Lipinski definition) is 0. The summed E-state index contributed by atoms with van der Waals surface area (Å²) >= 11 is 6.34. The summed E-state index contributed by atoms with van der Waals surface area (Å²) in [6, 6.07) is 6.72. The van der Waals surface area contributed by atoms with E-state index in [9.17, 15) is 0 Å². The summed E-state index contributed by atoms with van der Waals surface area (Å²) in [7, 11) is 2.25. The summed E-state index contributed by atoms with van der Waals surface area (Å²) in [6.07, 6.45) is 2.69. The van der Waals surface area contributed by atoms with E-state index in [4.69, 9.17) is 11.6 Å². The molecule has 1 nitrogen and oxygen atoms in total. The quantitative estimate of drug-likeness (QED) is 0.743. The minimum Gasteiger partial charge on any atom is -0.305 e. The van der Waals surface area contributed by atoms with E-state index in [1.54, 1.807) is 0 Å². The zero-order valence-electron chi connectivity index (χ0n) is 11.5. The van der Waals surface area contributed by atoms with Gasteiger partial charge in [-0.3, -0.25) is 0 Å². The third kappa shape index (κ3) is 1.80. The molecule has 1 unspecified atom stereocenters. The van der Waals surface area contributed by atoms with E-state index in [2.05, 4.69) is 44.0 Å². The molecule has 1 aromatic carbocycles. The summed E-state index contributed by atoms with van der Waals surface area (Å²) < 4.78 is 0. The standard InChI is InChI=1S/C16H22ClN/c1-11-6-14-9-18(3)10-16(14,8-11)13-5-4-12(2)15(17)7-13/h4-5,7,11,14H,6,8-10H2,1-3H3/t11?,14-,16+/m1/s1. The van der Waals surface area contributed by atoms with Crippen LogP contribution in [0.2, 0.25) is 5.02 Å². The second-order valence-electron chi connectivity index (χ2n) is 6.56. The van der Waals surface area contributed by atoms with Crippen molar-refractivity contribution in [3.63, 3.8) is 0 Å². The molecule has 1 heterocycles. The molecule has 0 bridgehead atoms. The van der Waals surface area contributed by atoms with Gasteiger partial charge in [-0.05, 0) is 55.8 Å². The van der Waals surface area contributed by atoms with Gasteiger partial charge in [0.15, 0.2) is 0 Å². The first-order chi connectivity index (χ1) is 8.51. The highest BCUT2D eigenvalue weighted by Gasteiger charge is 2.51. The highest BCUT2D eigenvalue weighted by molar-refractivity contribution is 6.31. The van der Waals surface area contributed by atoms with Crippen LogP contribution in [0, 0.1) is 18.8 Å². The Labute approximate surface area is 115 Å². The molecule has 1 saturated carbocycles. The van der Waals surface area contributed by atoms with Crippen LogP contribution in [0.3, 0.4) is 0 Å². The first kappa shape index (κ1) is 12.5. The largest absolute Gasteiger partial charge is 0.305 e. The molecular formula is C16H22ClN. The van der Waals surface area contributed by atoms with Gasteiger partial charge in [0.05, 0.1) is 0 Å². The van der Waals surface area contributed by atoms with Crippen molar-refractivity contribution in [2.75, 3.05) is 20.1 Å². The van der Waals surface area contributed by atoms with Gasteiger partial charge in [0.2, 0.25) is 0 Å².